The number of urea groups is 1. The third-order valence-corrected chi connectivity index (χ3v) is 3.22. The lowest BCUT2D eigenvalue weighted by molar-refractivity contribution is 0.115. The number of carbonyl (C=O) groups is 1. The number of hydrogen-bond acceptors (Lipinski definition) is 2. The Morgan fingerprint density at radius 1 is 1.44 bits per heavy atom. The van der Waals surface area contributed by atoms with Gasteiger partial charge < -0.3 is 15.7 Å². The van der Waals surface area contributed by atoms with Crippen molar-refractivity contribution in [3.05, 3.63) is 29.3 Å². The van der Waals surface area contributed by atoms with Gasteiger partial charge in [-0.25, -0.2) is 4.79 Å². The van der Waals surface area contributed by atoms with E-state index in [0.29, 0.717) is 10.7 Å². The van der Waals surface area contributed by atoms with Gasteiger partial charge in [0, 0.05) is 6.54 Å². The summed E-state index contributed by atoms with van der Waals surface area (Å²) >= 11 is 5.91. The van der Waals surface area contributed by atoms with Crippen LogP contribution < -0.4 is 10.6 Å². The second kappa shape index (κ2) is 7.24. The lowest BCUT2D eigenvalue weighted by atomic mass is 10.0. The molecule has 3 N–H and O–H groups in total. The summed E-state index contributed by atoms with van der Waals surface area (Å²) < 4.78 is 0. The number of anilines is 1. The van der Waals surface area contributed by atoms with E-state index in [0.717, 1.165) is 6.42 Å². The second-order valence-corrected chi connectivity index (χ2v) is 4.67. The van der Waals surface area contributed by atoms with Crippen LogP contribution in [0.1, 0.15) is 20.3 Å². The number of rotatable bonds is 5. The molecule has 1 aromatic carbocycles. The van der Waals surface area contributed by atoms with Crippen LogP contribution >= 0.6 is 11.6 Å². The van der Waals surface area contributed by atoms with Crippen molar-refractivity contribution in [2.45, 2.75) is 26.4 Å². The summed E-state index contributed by atoms with van der Waals surface area (Å²) in [4.78, 5) is 11.6. The maximum Gasteiger partial charge on any atom is 0.319 e. The highest BCUT2D eigenvalue weighted by Crippen LogP contribution is 2.20. The Balaban J connectivity index is 2.41. The number of aliphatic hydroxyl groups is 1. The minimum absolute atomic E-state index is 0.158. The van der Waals surface area contributed by atoms with Gasteiger partial charge in [0.2, 0.25) is 0 Å². The average molecular weight is 271 g/mol. The van der Waals surface area contributed by atoms with Crippen LogP contribution in [0.15, 0.2) is 24.3 Å². The number of nitrogens with one attached hydrogen (secondary N) is 2. The van der Waals surface area contributed by atoms with E-state index in [9.17, 15) is 9.90 Å². The maximum atomic E-state index is 11.6. The molecule has 5 heteroatoms. The zero-order valence-electron chi connectivity index (χ0n) is 10.6. The summed E-state index contributed by atoms with van der Waals surface area (Å²) in [6.07, 6.45) is 0.335. The fourth-order valence-electron chi connectivity index (χ4n) is 1.40. The molecule has 1 rings (SSSR count). The molecule has 100 valence electrons. The van der Waals surface area contributed by atoms with Crippen LogP contribution in [-0.2, 0) is 0 Å². The van der Waals surface area contributed by atoms with E-state index in [-0.39, 0.29) is 18.5 Å². The highest BCUT2D eigenvalue weighted by atomic mass is 35.5. The zero-order valence-corrected chi connectivity index (χ0v) is 11.4. The first-order valence-electron chi connectivity index (χ1n) is 6.02. The molecular weight excluding hydrogens is 252 g/mol. The first kappa shape index (κ1) is 14.8. The van der Waals surface area contributed by atoms with E-state index in [2.05, 4.69) is 10.6 Å². The number of para-hydroxylation sites is 1. The van der Waals surface area contributed by atoms with Gasteiger partial charge in [-0.1, -0.05) is 44.0 Å². The monoisotopic (exact) mass is 270 g/mol. The van der Waals surface area contributed by atoms with Crippen molar-refractivity contribution in [1.82, 2.24) is 5.32 Å². The van der Waals surface area contributed by atoms with E-state index in [4.69, 9.17) is 11.6 Å². The Labute approximate surface area is 112 Å². The standard InChI is InChI=1S/C13H19ClN2O2/c1-3-9(2)12(17)8-15-13(18)16-11-7-5-4-6-10(11)14/h4-7,9,12,17H,3,8H2,1-2H3,(H2,15,16,18). The Hall–Kier alpha value is -1.26. The Kier molecular flexibility index (Phi) is 5.95. The fourth-order valence-corrected chi connectivity index (χ4v) is 1.58. The highest BCUT2D eigenvalue weighted by Gasteiger charge is 2.13. The molecule has 0 aliphatic heterocycles. The first-order chi connectivity index (χ1) is 8.54. The van der Waals surface area contributed by atoms with Crippen LogP contribution in [-0.4, -0.2) is 23.8 Å². The van der Waals surface area contributed by atoms with Crippen LogP contribution in [0.4, 0.5) is 10.5 Å². The lowest BCUT2D eigenvalue weighted by Crippen LogP contribution is -2.37. The number of aliphatic hydroxyl groups excluding tert-OH is 1. The number of carbonyl (C=O) groups excluding carboxylic acids is 1. The molecule has 0 saturated carbocycles. The van der Waals surface area contributed by atoms with Crippen molar-refractivity contribution in [3.63, 3.8) is 0 Å². The Morgan fingerprint density at radius 2 is 2.11 bits per heavy atom. The molecule has 0 bridgehead atoms. The highest BCUT2D eigenvalue weighted by molar-refractivity contribution is 6.33. The number of amides is 2. The molecule has 2 unspecified atom stereocenters. The Morgan fingerprint density at radius 3 is 2.72 bits per heavy atom. The summed E-state index contributed by atoms with van der Waals surface area (Å²) in [7, 11) is 0. The lowest BCUT2D eigenvalue weighted by Gasteiger charge is -2.17. The van der Waals surface area contributed by atoms with Crippen molar-refractivity contribution >= 4 is 23.3 Å². The predicted octanol–water partition coefficient (Wildman–Crippen LogP) is 2.87. The summed E-state index contributed by atoms with van der Waals surface area (Å²) in [5, 5.41) is 15.4. The molecular formula is C13H19ClN2O2. The van der Waals surface area contributed by atoms with Crippen molar-refractivity contribution in [2.75, 3.05) is 11.9 Å². The van der Waals surface area contributed by atoms with Gasteiger partial charge in [-0.15, -0.1) is 0 Å². The molecule has 0 radical (unpaired) electrons. The van der Waals surface area contributed by atoms with Crippen molar-refractivity contribution in [1.29, 1.82) is 0 Å². The average Bonchev–Trinajstić information content (AvgIpc) is 2.37. The van der Waals surface area contributed by atoms with Gasteiger partial charge in [0.15, 0.2) is 0 Å². The van der Waals surface area contributed by atoms with Gasteiger partial charge in [-0.3, -0.25) is 0 Å². The molecule has 0 saturated heterocycles. The van der Waals surface area contributed by atoms with Crippen LogP contribution in [0.3, 0.4) is 0 Å². The maximum absolute atomic E-state index is 11.6. The molecule has 2 amide bonds. The molecule has 0 aliphatic carbocycles. The summed E-state index contributed by atoms with van der Waals surface area (Å²) in [5.41, 5.74) is 0.551. The largest absolute Gasteiger partial charge is 0.391 e. The summed E-state index contributed by atoms with van der Waals surface area (Å²) in [5.74, 6) is 0.158. The van der Waals surface area contributed by atoms with Crippen molar-refractivity contribution < 1.29 is 9.90 Å². The summed E-state index contributed by atoms with van der Waals surface area (Å²) in [6, 6.07) is 6.62. The molecule has 18 heavy (non-hydrogen) atoms. The second-order valence-electron chi connectivity index (χ2n) is 4.27. The van der Waals surface area contributed by atoms with Crippen LogP contribution in [0.25, 0.3) is 0 Å². The van der Waals surface area contributed by atoms with Gasteiger partial charge in [-0.2, -0.15) is 0 Å². The van der Waals surface area contributed by atoms with Crippen molar-refractivity contribution in [2.24, 2.45) is 5.92 Å². The number of halogens is 1. The first-order valence-corrected chi connectivity index (χ1v) is 6.39. The molecule has 0 aliphatic rings. The van der Waals surface area contributed by atoms with E-state index in [1.54, 1.807) is 24.3 Å². The fraction of sp³-hybridized carbons (Fsp3) is 0.462. The van der Waals surface area contributed by atoms with Crippen molar-refractivity contribution in [3.8, 4) is 0 Å². The SMILES string of the molecule is CCC(C)C(O)CNC(=O)Nc1ccccc1Cl. The topological polar surface area (TPSA) is 61.4 Å². The molecule has 1 aromatic rings. The molecule has 2 atom stereocenters. The van der Waals surface area contributed by atoms with Gasteiger partial charge in [0.25, 0.3) is 0 Å². The van der Waals surface area contributed by atoms with Gasteiger partial charge >= 0.3 is 6.03 Å². The van der Waals surface area contributed by atoms with E-state index in [1.165, 1.54) is 0 Å². The third-order valence-electron chi connectivity index (χ3n) is 2.89. The minimum atomic E-state index is -0.535. The molecule has 0 fully saturated rings. The number of hydrogen-bond donors (Lipinski definition) is 3. The van der Waals surface area contributed by atoms with E-state index < -0.39 is 6.10 Å². The smallest absolute Gasteiger partial charge is 0.319 e. The van der Waals surface area contributed by atoms with E-state index in [1.807, 2.05) is 13.8 Å². The Bertz CT molecular complexity index is 398. The normalized spacial score (nSPS) is 13.8. The van der Waals surface area contributed by atoms with Gasteiger partial charge in [-0.05, 0) is 18.1 Å². The molecule has 4 nitrogen and oxygen atoms in total. The predicted molar refractivity (Wildman–Crippen MR) is 73.9 cm³/mol. The van der Waals surface area contributed by atoms with Crippen LogP contribution in [0.2, 0.25) is 5.02 Å². The minimum Gasteiger partial charge on any atom is -0.391 e. The molecule has 0 heterocycles. The molecule has 0 aromatic heterocycles. The van der Waals surface area contributed by atoms with Crippen LogP contribution in [0, 0.1) is 5.92 Å². The zero-order chi connectivity index (χ0) is 13.5. The third kappa shape index (κ3) is 4.55. The molecule has 0 spiro atoms. The van der Waals surface area contributed by atoms with Gasteiger partial charge in [0.1, 0.15) is 0 Å². The summed E-state index contributed by atoms with van der Waals surface area (Å²) in [6.45, 7) is 4.17. The van der Waals surface area contributed by atoms with E-state index >= 15 is 0 Å². The quantitative estimate of drug-likeness (QED) is 0.770. The van der Waals surface area contributed by atoms with Crippen LogP contribution in [0.5, 0.6) is 0 Å². The number of benzene rings is 1. The van der Waals surface area contributed by atoms with Gasteiger partial charge in [0.05, 0.1) is 16.8 Å².